The maximum absolute atomic E-state index is 12.5. The number of halogens is 1. The Morgan fingerprint density at radius 2 is 2.33 bits per heavy atom. The van der Waals surface area contributed by atoms with Crippen molar-refractivity contribution in [2.75, 3.05) is 18.5 Å². The van der Waals surface area contributed by atoms with Gasteiger partial charge in [0, 0.05) is 25.0 Å². The minimum Gasteiger partial charge on any atom is -0.394 e. The largest absolute Gasteiger partial charge is 0.394 e. The molecule has 1 saturated heterocycles. The fraction of sp³-hybridized carbons (Fsp3) is 0.438. The quantitative estimate of drug-likeness (QED) is 0.892. The fourth-order valence-electron chi connectivity index (χ4n) is 3.02. The number of carbonyl (C=O) groups excluding carboxylic acids is 1. The second-order valence-electron chi connectivity index (χ2n) is 5.95. The summed E-state index contributed by atoms with van der Waals surface area (Å²) in [6.45, 7) is 2.65. The smallest absolute Gasteiger partial charge is 0.323 e. The van der Waals surface area contributed by atoms with Gasteiger partial charge in [-0.2, -0.15) is 0 Å². The highest BCUT2D eigenvalue weighted by Crippen LogP contribution is 2.24. The highest BCUT2D eigenvalue weighted by Gasteiger charge is 2.31. The Kier molecular flexibility index (Phi) is 5.01. The molecular formula is C16H20ClN5O2. The summed E-state index contributed by atoms with van der Waals surface area (Å²) in [5, 5.41) is 17.1. The standard InChI is InChI=1S/C16H20ClN5O2/c1-11-4-3-8-21(13(11)10-23)16(24)19-14-6-9-22(20-14)15-12(17)5-2-7-18-15/h2,5-7,9,11,13,23H,3-4,8,10H2,1H3,(H,19,20,24). The summed E-state index contributed by atoms with van der Waals surface area (Å²) in [5.74, 6) is 1.19. The molecule has 2 aromatic rings. The summed E-state index contributed by atoms with van der Waals surface area (Å²) < 4.78 is 1.51. The number of anilines is 1. The van der Waals surface area contributed by atoms with Crippen molar-refractivity contribution >= 4 is 23.4 Å². The number of aliphatic hydroxyl groups is 1. The van der Waals surface area contributed by atoms with E-state index >= 15 is 0 Å². The molecule has 0 radical (unpaired) electrons. The van der Waals surface area contributed by atoms with Crippen LogP contribution in [-0.2, 0) is 0 Å². The zero-order valence-electron chi connectivity index (χ0n) is 13.4. The van der Waals surface area contributed by atoms with E-state index < -0.39 is 0 Å². The molecule has 1 fully saturated rings. The third kappa shape index (κ3) is 3.37. The van der Waals surface area contributed by atoms with Crippen LogP contribution in [0.1, 0.15) is 19.8 Å². The molecule has 0 bridgehead atoms. The van der Waals surface area contributed by atoms with Crippen molar-refractivity contribution in [2.45, 2.75) is 25.8 Å². The Labute approximate surface area is 145 Å². The van der Waals surface area contributed by atoms with E-state index in [1.807, 2.05) is 0 Å². The Balaban J connectivity index is 1.72. The molecule has 0 aromatic carbocycles. The van der Waals surface area contributed by atoms with Gasteiger partial charge in [-0.25, -0.2) is 14.5 Å². The van der Waals surface area contributed by atoms with Crippen molar-refractivity contribution < 1.29 is 9.90 Å². The Morgan fingerprint density at radius 1 is 1.50 bits per heavy atom. The summed E-state index contributed by atoms with van der Waals surface area (Å²) in [4.78, 5) is 18.4. The van der Waals surface area contributed by atoms with Gasteiger partial charge in [-0.05, 0) is 30.9 Å². The van der Waals surface area contributed by atoms with Gasteiger partial charge in [-0.15, -0.1) is 5.10 Å². The SMILES string of the molecule is CC1CCCN(C(=O)Nc2ccn(-c3ncccc3Cl)n2)C1CO. The van der Waals surface area contributed by atoms with Gasteiger partial charge in [0.2, 0.25) is 0 Å². The molecular weight excluding hydrogens is 330 g/mol. The van der Waals surface area contributed by atoms with Crippen LogP contribution in [0.15, 0.2) is 30.6 Å². The molecule has 128 valence electrons. The summed E-state index contributed by atoms with van der Waals surface area (Å²) in [5.41, 5.74) is 0. The molecule has 24 heavy (non-hydrogen) atoms. The molecule has 0 spiro atoms. The summed E-state index contributed by atoms with van der Waals surface area (Å²) in [6.07, 6.45) is 5.26. The molecule has 2 amide bonds. The number of aromatic nitrogens is 3. The number of likely N-dealkylation sites (tertiary alicyclic amines) is 1. The van der Waals surface area contributed by atoms with E-state index in [1.165, 1.54) is 4.68 Å². The van der Waals surface area contributed by atoms with Crippen LogP contribution in [0.5, 0.6) is 0 Å². The number of hydrogen-bond donors (Lipinski definition) is 2. The number of nitrogens with one attached hydrogen (secondary N) is 1. The van der Waals surface area contributed by atoms with Gasteiger partial charge in [-0.1, -0.05) is 18.5 Å². The van der Waals surface area contributed by atoms with Gasteiger partial charge in [0.1, 0.15) is 0 Å². The molecule has 8 heteroatoms. The number of urea groups is 1. The molecule has 3 heterocycles. The number of pyridine rings is 1. The zero-order chi connectivity index (χ0) is 17.1. The third-order valence-corrected chi connectivity index (χ3v) is 4.64. The molecule has 2 N–H and O–H groups in total. The molecule has 1 aliphatic rings. The van der Waals surface area contributed by atoms with Crippen LogP contribution in [0, 0.1) is 5.92 Å². The maximum atomic E-state index is 12.5. The monoisotopic (exact) mass is 349 g/mol. The first kappa shape index (κ1) is 16.7. The van der Waals surface area contributed by atoms with Crippen molar-refractivity contribution in [3.63, 3.8) is 0 Å². The number of aliphatic hydroxyl groups excluding tert-OH is 1. The molecule has 7 nitrogen and oxygen atoms in total. The molecule has 0 aliphatic carbocycles. The zero-order valence-corrected chi connectivity index (χ0v) is 14.1. The molecule has 0 saturated carbocycles. The average Bonchev–Trinajstić information content (AvgIpc) is 3.03. The normalized spacial score (nSPS) is 20.9. The average molecular weight is 350 g/mol. The van der Waals surface area contributed by atoms with Crippen molar-refractivity contribution in [1.29, 1.82) is 0 Å². The van der Waals surface area contributed by atoms with Crippen LogP contribution in [-0.4, -0.2) is 50.0 Å². The van der Waals surface area contributed by atoms with Gasteiger partial charge in [0.05, 0.1) is 17.7 Å². The first-order valence-corrected chi connectivity index (χ1v) is 8.33. The Bertz CT molecular complexity index is 720. The van der Waals surface area contributed by atoms with Gasteiger partial charge in [-0.3, -0.25) is 5.32 Å². The molecule has 1 aliphatic heterocycles. The summed E-state index contributed by atoms with van der Waals surface area (Å²) >= 11 is 6.10. The van der Waals surface area contributed by atoms with Crippen molar-refractivity contribution in [2.24, 2.45) is 5.92 Å². The number of amides is 2. The first-order chi connectivity index (χ1) is 11.6. The van der Waals surface area contributed by atoms with E-state index in [9.17, 15) is 9.90 Å². The van der Waals surface area contributed by atoms with E-state index in [2.05, 4.69) is 22.3 Å². The summed E-state index contributed by atoms with van der Waals surface area (Å²) in [6, 6.07) is 4.74. The second-order valence-corrected chi connectivity index (χ2v) is 6.35. The first-order valence-electron chi connectivity index (χ1n) is 7.95. The lowest BCUT2D eigenvalue weighted by molar-refractivity contribution is 0.0811. The van der Waals surface area contributed by atoms with Crippen LogP contribution in [0.2, 0.25) is 5.02 Å². The second kappa shape index (κ2) is 7.19. The van der Waals surface area contributed by atoms with Crippen molar-refractivity contribution in [3.05, 3.63) is 35.6 Å². The Hall–Kier alpha value is -2.12. The van der Waals surface area contributed by atoms with E-state index in [1.54, 1.807) is 35.5 Å². The number of nitrogens with zero attached hydrogens (tertiary/aromatic N) is 4. The topological polar surface area (TPSA) is 83.3 Å². The molecule has 2 aromatic heterocycles. The van der Waals surface area contributed by atoms with E-state index in [4.69, 9.17) is 11.6 Å². The predicted molar refractivity (Wildman–Crippen MR) is 91.4 cm³/mol. The highest BCUT2D eigenvalue weighted by molar-refractivity contribution is 6.32. The van der Waals surface area contributed by atoms with Crippen molar-refractivity contribution in [1.82, 2.24) is 19.7 Å². The van der Waals surface area contributed by atoms with E-state index in [0.717, 1.165) is 12.8 Å². The molecule has 3 rings (SSSR count). The van der Waals surface area contributed by atoms with E-state index in [0.29, 0.717) is 23.2 Å². The Morgan fingerprint density at radius 3 is 3.08 bits per heavy atom. The van der Waals surface area contributed by atoms with Gasteiger partial charge < -0.3 is 10.0 Å². The number of rotatable bonds is 3. The number of piperidine rings is 1. The van der Waals surface area contributed by atoms with Gasteiger partial charge in [0.25, 0.3) is 0 Å². The van der Waals surface area contributed by atoms with Crippen LogP contribution in [0.25, 0.3) is 5.82 Å². The predicted octanol–water partition coefficient (Wildman–Crippen LogP) is 2.55. The molecule has 2 atom stereocenters. The lowest BCUT2D eigenvalue weighted by Crippen LogP contribution is -2.51. The number of hydrogen-bond acceptors (Lipinski definition) is 4. The van der Waals surface area contributed by atoms with Crippen LogP contribution < -0.4 is 5.32 Å². The number of carbonyl (C=O) groups is 1. The van der Waals surface area contributed by atoms with Gasteiger partial charge >= 0.3 is 6.03 Å². The lowest BCUT2D eigenvalue weighted by atomic mass is 9.91. The highest BCUT2D eigenvalue weighted by atomic mass is 35.5. The molecule has 2 unspecified atom stereocenters. The van der Waals surface area contributed by atoms with Crippen LogP contribution in [0.4, 0.5) is 10.6 Å². The minimum atomic E-state index is -0.252. The summed E-state index contributed by atoms with van der Waals surface area (Å²) in [7, 11) is 0. The van der Waals surface area contributed by atoms with Gasteiger partial charge in [0.15, 0.2) is 11.6 Å². The lowest BCUT2D eigenvalue weighted by Gasteiger charge is -2.38. The minimum absolute atomic E-state index is 0.0351. The van der Waals surface area contributed by atoms with E-state index in [-0.39, 0.29) is 24.6 Å². The maximum Gasteiger partial charge on any atom is 0.323 e. The van der Waals surface area contributed by atoms with Crippen molar-refractivity contribution in [3.8, 4) is 5.82 Å². The van der Waals surface area contributed by atoms with Crippen LogP contribution >= 0.6 is 11.6 Å². The van der Waals surface area contributed by atoms with Crippen LogP contribution in [0.3, 0.4) is 0 Å². The fourth-order valence-corrected chi connectivity index (χ4v) is 3.22. The third-order valence-electron chi connectivity index (χ3n) is 4.34.